The molecule has 0 aliphatic carbocycles. The molecule has 1 aliphatic rings. The molecule has 0 unspecified atom stereocenters. The maximum atomic E-state index is 6.00. The molecule has 1 aromatic rings. The zero-order valence-electron chi connectivity index (χ0n) is 11.3. The monoisotopic (exact) mass is 251 g/mol. The van der Waals surface area contributed by atoms with Gasteiger partial charge in [-0.1, -0.05) is 6.92 Å². The average Bonchev–Trinajstić information content (AvgIpc) is 2.42. The van der Waals surface area contributed by atoms with E-state index in [2.05, 4.69) is 15.3 Å². The summed E-state index contributed by atoms with van der Waals surface area (Å²) >= 11 is 0. The lowest BCUT2D eigenvalue weighted by Gasteiger charge is -2.24. The van der Waals surface area contributed by atoms with Crippen molar-refractivity contribution in [2.45, 2.75) is 39.2 Å². The second-order valence-electron chi connectivity index (χ2n) is 4.45. The molecule has 1 aliphatic heterocycles. The van der Waals surface area contributed by atoms with E-state index in [4.69, 9.17) is 9.47 Å². The van der Waals surface area contributed by atoms with Gasteiger partial charge in [0.1, 0.15) is 17.7 Å². The standard InChI is InChI=1S/C13H21N3O2/c1-4-11-15-12(14-3)9(2)13(16-11)18-10-5-7-17-8-6-10/h10H,4-8H2,1-3H3,(H,14,15,16). The fourth-order valence-electron chi connectivity index (χ4n) is 2.01. The molecule has 100 valence electrons. The van der Waals surface area contributed by atoms with Crippen molar-refractivity contribution < 1.29 is 9.47 Å². The fourth-order valence-corrected chi connectivity index (χ4v) is 2.01. The van der Waals surface area contributed by atoms with Crippen molar-refractivity contribution in [2.75, 3.05) is 25.6 Å². The van der Waals surface area contributed by atoms with Gasteiger partial charge in [0, 0.05) is 26.3 Å². The van der Waals surface area contributed by atoms with Gasteiger partial charge in [0.25, 0.3) is 0 Å². The highest BCUT2D eigenvalue weighted by atomic mass is 16.5. The van der Waals surface area contributed by atoms with Crippen LogP contribution in [0.15, 0.2) is 0 Å². The molecule has 0 amide bonds. The summed E-state index contributed by atoms with van der Waals surface area (Å²) in [6.07, 6.45) is 2.88. The number of ether oxygens (including phenoxy) is 2. The van der Waals surface area contributed by atoms with Gasteiger partial charge in [0.2, 0.25) is 5.88 Å². The van der Waals surface area contributed by atoms with E-state index in [1.54, 1.807) is 0 Å². The Labute approximate surface area is 108 Å². The van der Waals surface area contributed by atoms with E-state index in [0.29, 0.717) is 5.88 Å². The topological polar surface area (TPSA) is 56.3 Å². The molecular weight excluding hydrogens is 230 g/mol. The number of nitrogens with zero attached hydrogens (tertiary/aromatic N) is 2. The Morgan fingerprint density at radius 3 is 2.67 bits per heavy atom. The van der Waals surface area contributed by atoms with Crippen LogP contribution in [0.2, 0.25) is 0 Å². The summed E-state index contributed by atoms with van der Waals surface area (Å²) < 4.78 is 11.3. The molecule has 1 fully saturated rings. The molecule has 5 nitrogen and oxygen atoms in total. The highest BCUT2D eigenvalue weighted by Crippen LogP contribution is 2.24. The molecule has 0 spiro atoms. The SMILES string of the molecule is CCc1nc(NC)c(C)c(OC2CCOCC2)n1. The first-order valence-corrected chi connectivity index (χ1v) is 6.54. The molecule has 0 atom stereocenters. The van der Waals surface area contributed by atoms with Crippen molar-refractivity contribution in [2.24, 2.45) is 0 Å². The van der Waals surface area contributed by atoms with E-state index in [0.717, 1.165) is 49.7 Å². The summed E-state index contributed by atoms with van der Waals surface area (Å²) in [5, 5.41) is 3.09. The van der Waals surface area contributed by atoms with Crippen molar-refractivity contribution in [1.82, 2.24) is 9.97 Å². The molecular formula is C13H21N3O2. The lowest BCUT2D eigenvalue weighted by molar-refractivity contribution is 0.0233. The first-order valence-electron chi connectivity index (χ1n) is 6.54. The van der Waals surface area contributed by atoms with Crippen LogP contribution in [0.4, 0.5) is 5.82 Å². The fraction of sp³-hybridized carbons (Fsp3) is 0.692. The minimum absolute atomic E-state index is 0.210. The van der Waals surface area contributed by atoms with Gasteiger partial charge in [0.05, 0.1) is 18.8 Å². The number of aromatic nitrogens is 2. The van der Waals surface area contributed by atoms with Crippen LogP contribution in [-0.4, -0.2) is 36.3 Å². The molecule has 0 saturated carbocycles. The summed E-state index contributed by atoms with van der Waals surface area (Å²) in [7, 11) is 1.87. The largest absolute Gasteiger partial charge is 0.474 e. The van der Waals surface area contributed by atoms with E-state index in [-0.39, 0.29) is 6.10 Å². The van der Waals surface area contributed by atoms with Gasteiger partial charge in [-0.15, -0.1) is 0 Å². The Bertz CT molecular complexity index is 403. The third kappa shape index (κ3) is 2.90. The van der Waals surface area contributed by atoms with Crippen LogP contribution in [0.25, 0.3) is 0 Å². The Balaban J connectivity index is 2.19. The first kappa shape index (κ1) is 13.1. The van der Waals surface area contributed by atoms with Gasteiger partial charge in [0.15, 0.2) is 0 Å². The first-order chi connectivity index (χ1) is 8.74. The molecule has 5 heteroatoms. The molecule has 2 rings (SSSR count). The van der Waals surface area contributed by atoms with Crippen LogP contribution in [0.3, 0.4) is 0 Å². The van der Waals surface area contributed by atoms with Crippen LogP contribution in [0.1, 0.15) is 31.2 Å². The van der Waals surface area contributed by atoms with Crippen LogP contribution in [-0.2, 0) is 11.2 Å². The predicted octanol–water partition coefficient (Wildman–Crippen LogP) is 1.95. The smallest absolute Gasteiger partial charge is 0.222 e. The van der Waals surface area contributed by atoms with Gasteiger partial charge < -0.3 is 14.8 Å². The molecule has 1 aromatic heterocycles. The maximum absolute atomic E-state index is 6.00. The molecule has 1 N–H and O–H groups in total. The quantitative estimate of drug-likeness (QED) is 0.886. The molecule has 0 bridgehead atoms. The van der Waals surface area contributed by atoms with Crippen molar-refractivity contribution in [3.8, 4) is 5.88 Å². The summed E-state index contributed by atoms with van der Waals surface area (Å²) in [6.45, 7) is 5.57. The highest BCUT2D eigenvalue weighted by Gasteiger charge is 2.18. The third-order valence-corrected chi connectivity index (χ3v) is 3.15. The van der Waals surface area contributed by atoms with Crippen molar-refractivity contribution >= 4 is 5.82 Å². The lowest BCUT2D eigenvalue weighted by atomic mass is 10.1. The molecule has 2 heterocycles. The number of anilines is 1. The van der Waals surface area contributed by atoms with Gasteiger partial charge in [-0.2, -0.15) is 4.98 Å². The molecule has 0 radical (unpaired) electrons. The Morgan fingerprint density at radius 2 is 2.06 bits per heavy atom. The van der Waals surface area contributed by atoms with E-state index >= 15 is 0 Å². The van der Waals surface area contributed by atoms with E-state index in [1.165, 1.54) is 0 Å². The van der Waals surface area contributed by atoms with E-state index < -0.39 is 0 Å². The maximum Gasteiger partial charge on any atom is 0.222 e. The van der Waals surface area contributed by atoms with Gasteiger partial charge >= 0.3 is 0 Å². The Morgan fingerprint density at radius 1 is 1.33 bits per heavy atom. The lowest BCUT2D eigenvalue weighted by Crippen LogP contribution is -2.26. The van der Waals surface area contributed by atoms with Crippen molar-refractivity contribution in [3.63, 3.8) is 0 Å². The van der Waals surface area contributed by atoms with Crippen molar-refractivity contribution in [1.29, 1.82) is 0 Å². The van der Waals surface area contributed by atoms with Crippen LogP contribution in [0.5, 0.6) is 5.88 Å². The zero-order valence-corrected chi connectivity index (χ0v) is 11.3. The van der Waals surface area contributed by atoms with E-state index in [1.807, 2.05) is 20.9 Å². The number of hydrogen-bond donors (Lipinski definition) is 1. The minimum atomic E-state index is 0.210. The Hall–Kier alpha value is -1.36. The van der Waals surface area contributed by atoms with Gasteiger partial charge in [-0.05, 0) is 6.92 Å². The number of aryl methyl sites for hydroxylation is 1. The second kappa shape index (κ2) is 6.00. The normalized spacial score (nSPS) is 16.6. The molecule has 18 heavy (non-hydrogen) atoms. The molecule has 1 saturated heterocycles. The Kier molecular flexibility index (Phi) is 4.36. The number of rotatable bonds is 4. The number of nitrogens with one attached hydrogen (secondary N) is 1. The third-order valence-electron chi connectivity index (χ3n) is 3.15. The van der Waals surface area contributed by atoms with Gasteiger partial charge in [-0.3, -0.25) is 0 Å². The van der Waals surface area contributed by atoms with Crippen LogP contribution >= 0.6 is 0 Å². The second-order valence-corrected chi connectivity index (χ2v) is 4.45. The van der Waals surface area contributed by atoms with Crippen molar-refractivity contribution in [3.05, 3.63) is 11.4 Å². The molecule has 0 aromatic carbocycles. The minimum Gasteiger partial charge on any atom is -0.474 e. The van der Waals surface area contributed by atoms with Crippen LogP contribution in [0, 0.1) is 6.92 Å². The van der Waals surface area contributed by atoms with Gasteiger partial charge in [-0.25, -0.2) is 4.98 Å². The number of hydrogen-bond acceptors (Lipinski definition) is 5. The van der Waals surface area contributed by atoms with Crippen LogP contribution < -0.4 is 10.1 Å². The predicted molar refractivity (Wildman–Crippen MR) is 70.2 cm³/mol. The highest BCUT2D eigenvalue weighted by molar-refractivity contribution is 5.48. The summed E-state index contributed by atoms with van der Waals surface area (Å²) in [6, 6.07) is 0. The zero-order chi connectivity index (χ0) is 13.0. The average molecular weight is 251 g/mol. The summed E-state index contributed by atoms with van der Waals surface area (Å²) in [4.78, 5) is 8.92. The summed E-state index contributed by atoms with van der Waals surface area (Å²) in [5.74, 6) is 2.37. The van der Waals surface area contributed by atoms with E-state index in [9.17, 15) is 0 Å². The summed E-state index contributed by atoms with van der Waals surface area (Å²) in [5.41, 5.74) is 0.973.